The Balaban J connectivity index is 0.00000241. The van der Waals surface area contributed by atoms with Gasteiger partial charge < -0.3 is 20.3 Å². The maximum atomic E-state index is 5.63. The van der Waals surface area contributed by atoms with Crippen LogP contribution in [0.3, 0.4) is 0 Å². The Bertz CT molecular complexity index is 1120. The number of ether oxygens (including phenoxy) is 1. The molecule has 1 aliphatic carbocycles. The van der Waals surface area contributed by atoms with E-state index in [-0.39, 0.29) is 37.2 Å². The van der Waals surface area contributed by atoms with Gasteiger partial charge in [0.15, 0.2) is 0 Å². The van der Waals surface area contributed by atoms with Crippen molar-refractivity contribution in [3.05, 3.63) is 48.0 Å². The minimum absolute atomic E-state index is 0. The Hall–Kier alpha value is -2.03. The van der Waals surface area contributed by atoms with E-state index in [9.17, 15) is 0 Å². The third-order valence-corrected chi connectivity index (χ3v) is 7.20. The van der Waals surface area contributed by atoms with Gasteiger partial charge in [-0.05, 0) is 83.2 Å². The smallest absolute Gasteiger partial charge is 0.229 e. The molecule has 1 heterocycles. The van der Waals surface area contributed by atoms with Gasteiger partial charge in [0.05, 0.1) is 12.6 Å². The topological polar surface area (TPSA) is 65.5 Å². The average Bonchev–Trinajstić information content (AvgIpc) is 2.87. The van der Waals surface area contributed by atoms with Crippen molar-refractivity contribution >= 4 is 65.6 Å². The zero-order valence-corrected chi connectivity index (χ0v) is 25.5. The Morgan fingerprint density at radius 1 is 0.921 bits per heavy atom. The molecule has 4 rings (SSSR count). The maximum Gasteiger partial charge on any atom is 0.229 e. The number of nitrogens with one attached hydrogen (secondary N) is 2. The predicted molar refractivity (Wildman–Crippen MR) is 168 cm³/mol. The number of rotatable bonds is 10. The predicted octanol–water partition coefficient (Wildman–Crippen LogP) is 6.77. The van der Waals surface area contributed by atoms with Gasteiger partial charge in [-0.25, -0.2) is 4.98 Å². The first-order valence-corrected chi connectivity index (χ1v) is 12.9. The molecule has 1 aliphatic rings. The zero-order valence-electron chi connectivity index (χ0n) is 23.1. The van der Waals surface area contributed by atoms with Crippen LogP contribution in [0.1, 0.15) is 45.1 Å². The molecule has 0 bridgehead atoms. The summed E-state index contributed by atoms with van der Waals surface area (Å²) in [5.74, 6) is 2.41. The first-order valence-electron chi connectivity index (χ1n) is 12.9. The lowest BCUT2D eigenvalue weighted by atomic mass is 9.90. The Morgan fingerprint density at radius 3 is 2.24 bits per heavy atom. The summed E-state index contributed by atoms with van der Waals surface area (Å²) in [5.41, 5.74) is 3.05. The van der Waals surface area contributed by atoms with E-state index in [0.29, 0.717) is 18.0 Å². The van der Waals surface area contributed by atoms with Gasteiger partial charge in [-0.2, -0.15) is 4.98 Å². The number of para-hydroxylation sites is 1. The van der Waals surface area contributed by atoms with Crippen molar-refractivity contribution in [2.24, 2.45) is 0 Å². The van der Waals surface area contributed by atoms with Crippen molar-refractivity contribution in [3.8, 4) is 5.75 Å². The van der Waals surface area contributed by atoms with E-state index in [1.807, 2.05) is 18.2 Å². The molecular formula is C28H43Cl3N6O. The molecule has 212 valence electrons. The molecule has 1 fully saturated rings. The normalized spacial score (nSPS) is 16.8. The van der Waals surface area contributed by atoms with Crippen LogP contribution in [0.4, 0.5) is 17.5 Å². The molecule has 2 aromatic carbocycles. The summed E-state index contributed by atoms with van der Waals surface area (Å²) in [4.78, 5) is 14.5. The molecule has 38 heavy (non-hydrogen) atoms. The van der Waals surface area contributed by atoms with Crippen molar-refractivity contribution in [3.63, 3.8) is 0 Å². The van der Waals surface area contributed by atoms with Crippen LogP contribution in [-0.4, -0.2) is 66.1 Å². The molecule has 0 radical (unpaired) electrons. The Kier molecular flexibility index (Phi) is 14.5. The summed E-state index contributed by atoms with van der Waals surface area (Å²) in [6.07, 6.45) is 4.72. The molecule has 0 unspecified atom stereocenters. The van der Waals surface area contributed by atoms with Gasteiger partial charge >= 0.3 is 0 Å². The molecule has 0 spiro atoms. The Labute approximate surface area is 246 Å². The third kappa shape index (κ3) is 8.48. The quantitative estimate of drug-likeness (QED) is 0.272. The number of benzene rings is 2. The number of methoxy groups -OCH3 is 1. The van der Waals surface area contributed by atoms with E-state index >= 15 is 0 Å². The minimum atomic E-state index is 0. The molecule has 1 aromatic heterocycles. The first-order chi connectivity index (χ1) is 17.0. The number of fused-ring (bicyclic) bond motifs is 1. The van der Waals surface area contributed by atoms with E-state index in [1.54, 1.807) is 7.11 Å². The summed E-state index contributed by atoms with van der Waals surface area (Å²) in [6.45, 7) is 7.20. The molecule has 0 atom stereocenters. The first kappa shape index (κ1) is 34.0. The van der Waals surface area contributed by atoms with Crippen LogP contribution >= 0.6 is 37.2 Å². The van der Waals surface area contributed by atoms with Gasteiger partial charge in [-0.3, -0.25) is 4.90 Å². The molecular weight excluding hydrogens is 543 g/mol. The largest absolute Gasteiger partial charge is 0.496 e. The summed E-state index contributed by atoms with van der Waals surface area (Å²) in [7, 11) is 6.09. The van der Waals surface area contributed by atoms with Crippen LogP contribution in [0.25, 0.3) is 10.9 Å². The lowest BCUT2D eigenvalue weighted by molar-refractivity contribution is 0.221. The van der Waals surface area contributed by atoms with Crippen LogP contribution < -0.4 is 15.4 Å². The van der Waals surface area contributed by atoms with Crippen LogP contribution in [0.15, 0.2) is 42.5 Å². The molecule has 7 nitrogen and oxygen atoms in total. The number of nitrogens with zero attached hydrogens (tertiary/aromatic N) is 4. The van der Waals surface area contributed by atoms with Gasteiger partial charge in [0.2, 0.25) is 5.95 Å². The van der Waals surface area contributed by atoms with E-state index in [4.69, 9.17) is 14.7 Å². The molecule has 0 amide bonds. The monoisotopic (exact) mass is 584 g/mol. The number of hydrogen-bond acceptors (Lipinski definition) is 7. The van der Waals surface area contributed by atoms with Gasteiger partial charge in [0, 0.05) is 35.3 Å². The molecule has 2 N–H and O–H groups in total. The van der Waals surface area contributed by atoms with E-state index in [1.165, 1.54) is 12.8 Å². The summed E-state index contributed by atoms with van der Waals surface area (Å²) in [6, 6.07) is 15.5. The fourth-order valence-electron chi connectivity index (χ4n) is 4.97. The van der Waals surface area contributed by atoms with Gasteiger partial charge in [-0.1, -0.05) is 26.0 Å². The van der Waals surface area contributed by atoms with Crippen LogP contribution in [0, 0.1) is 0 Å². The highest BCUT2D eigenvalue weighted by atomic mass is 35.5. The highest BCUT2D eigenvalue weighted by Crippen LogP contribution is 2.30. The molecule has 0 aliphatic heterocycles. The van der Waals surface area contributed by atoms with E-state index in [2.05, 4.69) is 72.6 Å². The second kappa shape index (κ2) is 16.2. The number of halogens is 3. The SMILES string of the molecule is CCN(CC)Cc1cc(Nc2nc(NC3CCC(N(C)C)CC3)c3ccccc3n2)ccc1OC.Cl.Cl.Cl. The van der Waals surface area contributed by atoms with Crippen LogP contribution in [-0.2, 0) is 6.54 Å². The number of anilines is 3. The standard InChI is InChI=1S/C28H40N6O.3ClH/c1-6-34(7-2)19-20-18-22(14-17-26(20)35-5)30-28-31-25-11-9-8-10-24(25)27(32-28)29-21-12-15-23(16-13-21)33(3)4;;;/h8-11,14,17-18,21,23H,6-7,12-13,15-16,19H2,1-5H3,(H2,29,30,31,32);3*1H. The molecule has 1 saturated carbocycles. The maximum absolute atomic E-state index is 5.63. The number of aromatic nitrogens is 2. The highest BCUT2D eigenvalue weighted by molar-refractivity contribution is 5.90. The minimum Gasteiger partial charge on any atom is -0.496 e. The van der Waals surface area contributed by atoms with Crippen LogP contribution in [0.5, 0.6) is 5.75 Å². The third-order valence-electron chi connectivity index (χ3n) is 7.20. The van der Waals surface area contributed by atoms with Crippen molar-refractivity contribution in [2.75, 3.05) is 44.9 Å². The van der Waals surface area contributed by atoms with E-state index in [0.717, 1.165) is 66.2 Å². The lowest BCUT2D eigenvalue weighted by Crippen LogP contribution is -2.36. The summed E-state index contributed by atoms with van der Waals surface area (Å²) in [5, 5.41) is 8.26. The Morgan fingerprint density at radius 2 is 1.61 bits per heavy atom. The van der Waals surface area contributed by atoms with Gasteiger partial charge in [0.25, 0.3) is 0 Å². The second-order valence-corrected chi connectivity index (χ2v) is 9.64. The van der Waals surface area contributed by atoms with Crippen molar-refractivity contribution in [1.82, 2.24) is 19.8 Å². The van der Waals surface area contributed by atoms with Gasteiger partial charge in [-0.15, -0.1) is 37.2 Å². The van der Waals surface area contributed by atoms with Crippen LogP contribution in [0.2, 0.25) is 0 Å². The summed E-state index contributed by atoms with van der Waals surface area (Å²) < 4.78 is 5.63. The van der Waals surface area contributed by atoms with Crippen molar-refractivity contribution < 1.29 is 4.74 Å². The fraction of sp³-hybridized carbons (Fsp3) is 0.500. The fourth-order valence-corrected chi connectivity index (χ4v) is 4.97. The average molecular weight is 586 g/mol. The molecule has 3 aromatic rings. The molecule has 0 saturated heterocycles. The zero-order chi connectivity index (χ0) is 24.8. The van der Waals surface area contributed by atoms with Crippen molar-refractivity contribution in [2.45, 2.75) is 58.2 Å². The second-order valence-electron chi connectivity index (χ2n) is 9.64. The van der Waals surface area contributed by atoms with Gasteiger partial charge in [0.1, 0.15) is 11.6 Å². The number of hydrogen-bond donors (Lipinski definition) is 2. The highest BCUT2D eigenvalue weighted by Gasteiger charge is 2.23. The summed E-state index contributed by atoms with van der Waals surface area (Å²) >= 11 is 0. The lowest BCUT2D eigenvalue weighted by Gasteiger charge is -2.33. The molecule has 10 heteroatoms. The van der Waals surface area contributed by atoms with E-state index < -0.39 is 0 Å². The van der Waals surface area contributed by atoms with Crippen molar-refractivity contribution in [1.29, 1.82) is 0 Å².